The standard InChI is InChI=1S/C5H10FN.ClH/c6-3-5-1-2-7-4-5;/h5,7H,1-4H2;1H. The molecule has 1 N–H and O–H groups in total. The van der Waals surface area contributed by atoms with Crippen molar-refractivity contribution in [3.8, 4) is 0 Å². The summed E-state index contributed by atoms with van der Waals surface area (Å²) in [5.74, 6) is 0.319. The van der Waals surface area contributed by atoms with Gasteiger partial charge in [0.05, 0.1) is 6.67 Å². The Morgan fingerprint density at radius 3 is 2.62 bits per heavy atom. The third-order valence-corrected chi connectivity index (χ3v) is 1.38. The van der Waals surface area contributed by atoms with Crippen LogP contribution in [-0.4, -0.2) is 19.8 Å². The number of alkyl halides is 1. The summed E-state index contributed by atoms with van der Waals surface area (Å²) in [4.78, 5) is 0. The number of rotatable bonds is 1. The van der Waals surface area contributed by atoms with Crippen molar-refractivity contribution in [2.45, 2.75) is 6.42 Å². The fourth-order valence-electron chi connectivity index (χ4n) is 0.846. The van der Waals surface area contributed by atoms with E-state index < -0.39 is 0 Å². The maximum atomic E-state index is 11.7. The largest absolute Gasteiger partial charge is 0.316 e. The smallest absolute Gasteiger partial charge is 0.0935 e. The molecular weight excluding hydrogens is 129 g/mol. The van der Waals surface area contributed by atoms with Crippen molar-refractivity contribution in [2.24, 2.45) is 5.92 Å². The summed E-state index contributed by atoms with van der Waals surface area (Å²) < 4.78 is 11.7. The van der Waals surface area contributed by atoms with Crippen LogP contribution in [0.1, 0.15) is 6.42 Å². The van der Waals surface area contributed by atoms with E-state index in [0.29, 0.717) is 5.92 Å². The minimum absolute atomic E-state index is 0. The molecule has 8 heavy (non-hydrogen) atoms. The van der Waals surface area contributed by atoms with Crippen LogP contribution in [0.15, 0.2) is 0 Å². The first-order chi connectivity index (χ1) is 3.43. The molecule has 0 aromatic carbocycles. The predicted octanol–water partition coefficient (Wildman–Crippen LogP) is 0.987. The van der Waals surface area contributed by atoms with Crippen LogP contribution in [0.25, 0.3) is 0 Å². The van der Waals surface area contributed by atoms with Gasteiger partial charge < -0.3 is 5.32 Å². The van der Waals surface area contributed by atoms with E-state index in [1.807, 2.05) is 0 Å². The van der Waals surface area contributed by atoms with Crippen molar-refractivity contribution in [3.63, 3.8) is 0 Å². The monoisotopic (exact) mass is 139 g/mol. The molecule has 1 aliphatic rings. The first-order valence-electron chi connectivity index (χ1n) is 2.70. The van der Waals surface area contributed by atoms with Crippen molar-refractivity contribution in [1.82, 2.24) is 5.32 Å². The molecule has 0 radical (unpaired) electrons. The Kier molecular flexibility index (Phi) is 4.19. The van der Waals surface area contributed by atoms with Crippen molar-refractivity contribution in [3.05, 3.63) is 0 Å². The van der Waals surface area contributed by atoms with Gasteiger partial charge in [-0.1, -0.05) is 0 Å². The molecule has 1 saturated heterocycles. The van der Waals surface area contributed by atoms with Gasteiger partial charge in [-0.3, -0.25) is 4.39 Å². The van der Waals surface area contributed by atoms with Gasteiger partial charge >= 0.3 is 0 Å². The van der Waals surface area contributed by atoms with Crippen LogP contribution in [0.5, 0.6) is 0 Å². The van der Waals surface area contributed by atoms with Gasteiger partial charge in [-0.25, -0.2) is 0 Å². The SMILES string of the molecule is Cl.FCC1CCNC1. The van der Waals surface area contributed by atoms with Crippen molar-refractivity contribution in [2.75, 3.05) is 19.8 Å². The average molecular weight is 140 g/mol. The lowest BCUT2D eigenvalue weighted by atomic mass is 10.1. The molecule has 1 heterocycles. The topological polar surface area (TPSA) is 12.0 Å². The van der Waals surface area contributed by atoms with E-state index >= 15 is 0 Å². The zero-order valence-electron chi connectivity index (χ0n) is 4.69. The first-order valence-corrected chi connectivity index (χ1v) is 2.70. The van der Waals surface area contributed by atoms with Gasteiger partial charge in [0.25, 0.3) is 0 Å². The van der Waals surface area contributed by atoms with Crippen LogP contribution in [0.4, 0.5) is 4.39 Å². The Bertz CT molecular complexity index is 54.4. The zero-order chi connectivity index (χ0) is 5.11. The minimum Gasteiger partial charge on any atom is -0.316 e. The second-order valence-corrected chi connectivity index (χ2v) is 2.01. The molecule has 1 unspecified atom stereocenters. The summed E-state index contributed by atoms with van der Waals surface area (Å²) >= 11 is 0. The van der Waals surface area contributed by atoms with E-state index in [0.717, 1.165) is 19.5 Å². The Morgan fingerprint density at radius 2 is 2.38 bits per heavy atom. The average Bonchev–Trinajstić information content (AvgIpc) is 2.14. The molecule has 1 aliphatic heterocycles. The van der Waals surface area contributed by atoms with Crippen molar-refractivity contribution < 1.29 is 4.39 Å². The summed E-state index contributed by atoms with van der Waals surface area (Å²) in [6, 6.07) is 0. The maximum Gasteiger partial charge on any atom is 0.0935 e. The second-order valence-electron chi connectivity index (χ2n) is 2.01. The Hall–Kier alpha value is 0.180. The lowest BCUT2D eigenvalue weighted by Crippen LogP contribution is -2.09. The molecule has 1 rings (SSSR count). The minimum atomic E-state index is -0.146. The van der Waals surface area contributed by atoms with Gasteiger partial charge in [0, 0.05) is 12.5 Å². The summed E-state index contributed by atoms with van der Waals surface area (Å²) in [5, 5.41) is 3.08. The second kappa shape index (κ2) is 4.10. The highest BCUT2D eigenvalue weighted by molar-refractivity contribution is 5.85. The summed E-state index contributed by atoms with van der Waals surface area (Å²) in [7, 11) is 0. The third kappa shape index (κ3) is 1.97. The highest BCUT2D eigenvalue weighted by atomic mass is 35.5. The molecule has 0 amide bonds. The van der Waals surface area contributed by atoms with Crippen LogP contribution >= 0.6 is 12.4 Å². The lowest BCUT2D eigenvalue weighted by Gasteiger charge is -1.95. The van der Waals surface area contributed by atoms with E-state index in [-0.39, 0.29) is 19.1 Å². The molecule has 0 saturated carbocycles. The van der Waals surface area contributed by atoms with Crippen LogP contribution in [0.3, 0.4) is 0 Å². The molecule has 0 spiro atoms. The Labute approximate surface area is 55.1 Å². The van der Waals surface area contributed by atoms with Gasteiger partial charge in [0.2, 0.25) is 0 Å². The van der Waals surface area contributed by atoms with Crippen LogP contribution in [-0.2, 0) is 0 Å². The molecular formula is C5H11ClFN. The van der Waals surface area contributed by atoms with Gasteiger partial charge in [-0.2, -0.15) is 0 Å². The lowest BCUT2D eigenvalue weighted by molar-refractivity contribution is 0.382. The van der Waals surface area contributed by atoms with E-state index in [1.54, 1.807) is 0 Å². The molecule has 0 bridgehead atoms. The molecule has 0 aromatic heterocycles. The van der Waals surface area contributed by atoms with Crippen molar-refractivity contribution in [1.29, 1.82) is 0 Å². The van der Waals surface area contributed by atoms with Gasteiger partial charge in [0.15, 0.2) is 0 Å². The highest BCUT2D eigenvalue weighted by Crippen LogP contribution is 2.06. The van der Waals surface area contributed by atoms with E-state index in [1.165, 1.54) is 0 Å². The van der Waals surface area contributed by atoms with Crippen molar-refractivity contribution >= 4 is 12.4 Å². The van der Waals surface area contributed by atoms with E-state index in [2.05, 4.69) is 5.32 Å². The van der Waals surface area contributed by atoms with Gasteiger partial charge in [-0.15, -0.1) is 12.4 Å². The third-order valence-electron chi connectivity index (χ3n) is 1.38. The quantitative estimate of drug-likeness (QED) is 0.571. The zero-order valence-corrected chi connectivity index (χ0v) is 5.51. The van der Waals surface area contributed by atoms with Crippen LogP contribution in [0, 0.1) is 5.92 Å². The number of hydrogen-bond acceptors (Lipinski definition) is 1. The normalized spacial score (nSPS) is 27.4. The van der Waals surface area contributed by atoms with Gasteiger partial charge in [-0.05, 0) is 13.0 Å². The molecule has 0 aliphatic carbocycles. The molecule has 50 valence electrons. The summed E-state index contributed by atoms with van der Waals surface area (Å²) in [5.41, 5.74) is 0. The van der Waals surface area contributed by atoms with Gasteiger partial charge in [0.1, 0.15) is 0 Å². The molecule has 3 heteroatoms. The number of halogens is 2. The van der Waals surface area contributed by atoms with Crippen LogP contribution < -0.4 is 5.32 Å². The van der Waals surface area contributed by atoms with E-state index in [4.69, 9.17) is 0 Å². The summed E-state index contributed by atoms with van der Waals surface area (Å²) in [6.07, 6.45) is 1.02. The van der Waals surface area contributed by atoms with Crippen LogP contribution in [0.2, 0.25) is 0 Å². The maximum absolute atomic E-state index is 11.7. The number of hydrogen-bond donors (Lipinski definition) is 1. The molecule has 1 nitrogen and oxygen atoms in total. The molecule has 1 fully saturated rings. The Morgan fingerprint density at radius 1 is 1.62 bits per heavy atom. The Balaban J connectivity index is 0.000000490. The molecule has 1 atom stereocenters. The van der Waals surface area contributed by atoms with E-state index in [9.17, 15) is 4.39 Å². The fourth-order valence-corrected chi connectivity index (χ4v) is 0.846. The fraction of sp³-hybridized carbons (Fsp3) is 1.00. The predicted molar refractivity (Wildman–Crippen MR) is 34.2 cm³/mol. The highest BCUT2D eigenvalue weighted by Gasteiger charge is 2.12. The molecule has 0 aromatic rings. The number of nitrogens with one attached hydrogen (secondary N) is 1. The first kappa shape index (κ1) is 8.18. The summed E-state index contributed by atoms with van der Waals surface area (Å²) in [6.45, 7) is 1.75.